The normalized spacial score (nSPS) is 12.3. The van der Waals surface area contributed by atoms with Gasteiger partial charge in [0.05, 0.1) is 33.0 Å². The van der Waals surface area contributed by atoms with E-state index < -0.39 is 6.10 Å². The number of nitrogens with zero attached hydrogens (tertiary/aromatic N) is 1. The molecule has 5 nitrogen and oxygen atoms in total. The highest BCUT2D eigenvalue weighted by molar-refractivity contribution is 5.33. The van der Waals surface area contributed by atoms with E-state index in [0.717, 1.165) is 23.4 Å². The second kappa shape index (κ2) is 11.6. The van der Waals surface area contributed by atoms with Crippen LogP contribution in [0.15, 0.2) is 54.6 Å². The number of benzene rings is 2. The van der Waals surface area contributed by atoms with Crippen molar-refractivity contribution in [1.29, 1.82) is 0 Å². The third-order valence-electron chi connectivity index (χ3n) is 4.09. The predicted octanol–water partition coefficient (Wildman–Crippen LogP) is 2.72. The van der Waals surface area contributed by atoms with E-state index in [1.54, 1.807) is 14.2 Å². The van der Waals surface area contributed by atoms with Crippen molar-refractivity contribution in [3.8, 4) is 5.75 Å². The minimum atomic E-state index is -0.565. The van der Waals surface area contributed by atoms with Gasteiger partial charge in [0.1, 0.15) is 5.75 Å². The Kier molecular flexibility index (Phi) is 9.14. The molecular weight excluding hydrogens is 330 g/mol. The van der Waals surface area contributed by atoms with Crippen molar-refractivity contribution in [2.45, 2.75) is 19.3 Å². The fourth-order valence-electron chi connectivity index (χ4n) is 2.77. The molecule has 0 fully saturated rings. The van der Waals surface area contributed by atoms with E-state index in [2.05, 4.69) is 4.90 Å². The summed E-state index contributed by atoms with van der Waals surface area (Å²) in [7, 11) is 3.35. The summed E-state index contributed by atoms with van der Waals surface area (Å²) in [6.07, 6.45) is -0.565. The van der Waals surface area contributed by atoms with Crippen molar-refractivity contribution >= 4 is 0 Å². The lowest BCUT2D eigenvalue weighted by molar-refractivity contribution is 0.00469. The highest BCUT2D eigenvalue weighted by Crippen LogP contribution is 2.19. The number of aliphatic hydroxyl groups excluding tert-OH is 1. The van der Waals surface area contributed by atoms with E-state index in [9.17, 15) is 5.11 Å². The quantitative estimate of drug-likeness (QED) is 0.631. The molecule has 2 rings (SSSR count). The lowest BCUT2D eigenvalue weighted by Gasteiger charge is -2.25. The molecule has 0 bridgehead atoms. The zero-order valence-electron chi connectivity index (χ0n) is 15.6. The molecule has 0 unspecified atom stereocenters. The van der Waals surface area contributed by atoms with Crippen LogP contribution in [-0.2, 0) is 22.6 Å². The van der Waals surface area contributed by atoms with Gasteiger partial charge in [-0.1, -0.05) is 48.5 Å². The number of hydrogen-bond donors (Lipinski definition) is 1. The van der Waals surface area contributed by atoms with Crippen LogP contribution in [0.2, 0.25) is 0 Å². The Bertz CT molecular complexity index is 620. The van der Waals surface area contributed by atoms with Gasteiger partial charge >= 0.3 is 0 Å². The van der Waals surface area contributed by atoms with Crippen molar-refractivity contribution in [2.24, 2.45) is 0 Å². The van der Waals surface area contributed by atoms with Crippen molar-refractivity contribution in [2.75, 3.05) is 40.5 Å². The number of ether oxygens (including phenoxy) is 3. The first-order chi connectivity index (χ1) is 12.7. The fourth-order valence-corrected chi connectivity index (χ4v) is 2.77. The van der Waals surface area contributed by atoms with Gasteiger partial charge in [-0.3, -0.25) is 4.90 Å². The van der Waals surface area contributed by atoms with Crippen LogP contribution in [0.25, 0.3) is 0 Å². The Morgan fingerprint density at radius 1 is 1.00 bits per heavy atom. The Morgan fingerprint density at radius 3 is 2.46 bits per heavy atom. The lowest BCUT2D eigenvalue weighted by Crippen LogP contribution is -2.36. The van der Waals surface area contributed by atoms with E-state index in [1.165, 1.54) is 0 Å². The van der Waals surface area contributed by atoms with Crippen molar-refractivity contribution in [3.63, 3.8) is 0 Å². The first-order valence-electron chi connectivity index (χ1n) is 8.86. The molecule has 0 saturated carbocycles. The highest BCUT2D eigenvalue weighted by atomic mass is 16.5. The zero-order valence-corrected chi connectivity index (χ0v) is 15.6. The van der Waals surface area contributed by atoms with Gasteiger partial charge in [-0.05, 0) is 11.6 Å². The molecule has 1 N–H and O–H groups in total. The first-order valence-corrected chi connectivity index (χ1v) is 8.86. The SMILES string of the molecule is COCCN(Cc1ccccc1OC)C[C@@H](O)COCc1ccccc1. The summed E-state index contributed by atoms with van der Waals surface area (Å²) in [5.74, 6) is 0.852. The average molecular weight is 359 g/mol. The molecule has 0 radical (unpaired) electrons. The molecule has 0 heterocycles. The number of rotatable bonds is 12. The summed E-state index contributed by atoms with van der Waals surface area (Å²) in [6.45, 7) is 3.32. The molecule has 1 atom stereocenters. The summed E-state index contributed by atoms with van der Waals surface area (Å²) in [6, 6.07) is 17.9. The van der Waals surface area contributed by atoms with Crippen LogP contribution in [-0.4, -0.2) is 56.6 Å². The maximum Gasteiger partial charge on any atom is 0.123 e. The third-order valence-corrected chi connectivity index (χ3v) is 4.09. The van der Waals surface area contributed by atoms with Crippen molar-refractivity contribution in [3.05, 3.63) is 65.7 Å². The van der Waals surface area contributed by atoms with Crippen LogP contribution in [0.1, 0.15) is 11.1 Å². The second-order valence-electron chi connectivity index (χ2n) is 6.19. The van der Waals surface area contributed by atoms with Crippen LogP contribution in [0.4, 0.5) is 0 Å². The fraction of sp³-hybridized carbons (Fsp3) is 0.429. The summed E-state index contributed by atoms with van der Waals surface area (Å²) in [5.41, 5.74) is 2.19. The number of hydrogen-bond acceptors (Lipinski definition) is 5. The molecule has 0 amide bonds. The molecule has 142 valence electrons. The van der Waals surface area contributed by atoms with Crippen molar-refractivity contribution < 1.29 is 19.3 Å². The summed E-state index contributed by atoms with van der Waals surface area (Å²) < 4.78 is 16.3. The van der Waals surface area contributed by atoms with E-state index in [-0.39, 0.29) is 0 Å². The minimum Gasteiger partial charge on any atom is -0.496 e. The molecule has 0 saturated heterocycles. The van der Waals surface area contributed by atoms with Crippen LogP contribution in [0, 0.1) is 0 Å². The first kappa shape index (κ1) is 20.4. The Balaban J connectivity index is 1.85. The predicted molar refractivity (Wildman–Crippen MR) is 102 cm³/mol. The molecule has 2 aromatic carbocycles. The van der Waals surface area contributed by atoms with Gasteiger partial charge in [0.25, 0.3) is 0 Å². The Labute approximate surface area is 156 Å². The topological polar surface area (TPSA) is 51.2 Å². The highest BCUT2D eigenvalue weighted by Gasteiger charge is 2.14. The Morgan fingerprint density at radius 2 is 1.73 bits per heavy atom. The van der Waals surface area contributed by atoms with Crippen LogP contribution < -0.4 is 4.74 Å². The molecule has 26 heavy (non-hydrogen) atoms. The van der Waals surface area contributed by atoms with Crippen LogP contribution in [0.5, 0.6) is 5.75 Å². The van der Waals surface area contributed by atoms with Gasteiger partial charge in [0.15, 0.2) is 0 Å². The molecule has 0 aliphatic carbocycles. The van der Waals surface area contributed by atoms with Gasteiger partial charge in [0, 0.05) is 32.3 Å². The van der Waals surface area contributed by atoms with E-state index >= 15 is 0 Å². The van der Waals surface area contributed by atoms with Crippen molar-refractivity contribution in [1.82, 2.24) is 4.90 Å². The summed E-state index contributed by atoms with van der Waals surface area (Å²) >= 11 is 0. The maximum absolute atomic E-state index is 10.4. The molecule has 0 aliphatic rings. The average Bonchev–Trinajstić information content (AvgIpc) is 2.67. The lowest BCUT2D eigenvalue weighted by atomic mass is 10.1. The molecule has 0 spiro atoms. The van der Waals surface area contributed by atoms with Gasteiger partial charge in [-0.15, -0.1) is 0 Å². The summed E-state index contributed by atoms with van der Waals surface area (Å²) in [5, 5.41) is 10.4. The third kappa shape index (κ3) is 7.14. The second-order valence-corrected chi connectivity index (χ2v) is 6.19. The van der Waals surface area contributed by atoms with Crippen LogP contribution >= 0.6 is 0 Å². The number of aliphatic hydroxyl groups is 1. The largest absolute Gasteiger partial charge is 0.496 e. The molecular formula is C21H29NO4. The zero-order chi connectivity index (χ0) is 18.6. The number of methoxy groups -OCH3 is 2. The molecule has 2 aromatic rings. The van der Waals surface area contributed by atoms with E-state index in [1.807, 2.05) is 54.6 Å². The number of para-hydroxylation sites is 1. The minimum absolute atomic E-state index is 0.296. The Hall–Kier alpha value is -1.92. The molecule has 5 heteroatoms. The monoisotopic (exact) mass is 359 g/mol. The van der Waals surface area contributed by atoms with Crippen LogP contribution in [0.3, 0.4) is 0 Å². The van der Waals surface area contributed by atoms with Gasteiger partial charge < -0.3 is 19.3 Å². The van der Waals surface area contributed by atoms with Gasteiger partial charge in [-0.2, -0.15) is 0 Å². The molecule has 0 aliphatic heterocycles. The smallest absolute Gasteiger partial charge is 0.123 e. The van der Waals surface area contributed by atoms with Gasteiger partial charge in [0.2, 0.25) is 0 Å². The van der Waals surface area contributed by atoms with E-state index in [4.69, 9.17) is 14.2 Å². The molecule has 0 aromatic heterocycles. The van der Waals surface area contributed by atoms with Gasteiger partial charge in [-0.25, -0.2) is 0 Å². The standard InChI is InChI=1S/C21H29NO4/c1-24-13-12-22(14-19-10-6-7-11-21(19)25-2)15-20(23)17-26-16-18-8-4-3-5-9-18/h3-11,20,23H,12-17H2,1-2H3/t20-/m1/s1. The summed E-state index contributed by atoms with van der Waals surface area (Å²) in [4.78, 5) is 2.15. The van der Waals surface area contributed by atoms with E-state index in [0.29, 0.717) is 32.9 Å². The maximum atomic E-state index is 10.4.